The lowest BCUT2D eigenvalue weighted by molar-refractivity contribution is 0.0909. The number of H-pyrrole nitrogens is 1. The van der Waals surface area contributed by atoms with Crippen LogP contribution in [0.1, 0.15) is 33.5 Å². The van der Waals surface area contributed by atoms with E-state index in [9.17, 15) is 4.79 Å². The Balaban J connectivity index is 1.51. The molecule has 5 rings (SSSR count). The van der Waals surface area contributed by atoms with Gasteiger partial charge in [-0.25, -0.2) is 4.98 Å². The Bertz CT molecular complexity index is 1320. The first-order chi connectivity index (χ1) is 14.7. The number of aryl methyl sites for hydroxylation is 1. The van der Waals surface area contributed by atoms with Crippen LogP contribution in [0, 0.1) is 6.92 Å². The molecule has 5 aromatic rings. The van der Waals surface area contributed by atoms with Crippen LogP contribution in [0.15, 0.2) is 77.5 Å². The highest BCUT2D eigenvalue weighted by Gasteiger charge is 2.23. The molecule has 0 bridgehead atoms. The van der Waals surface area contributed by atoms with Gasteiger partial charge in [-0.1, -0.05) is 66.7 Å². The number of amides is 1. The molecule has 0 aliphatic carbocycles. The molecule has 0 fully saturated rings. The lowest BCUT2D eigenvalue weighted by Crippen LogP contribution is -2.30. The van der Waals surface area contributed by atoms with Crippen molar-refractivity contribution in [3.05, 3.63) is 95.8 Å². The van der Waals surface area contributed by atoms with E-state index in [0.717, 1.165) is 32.9 Å². The van der Waals surface area contributed by atoms with Crippen molar-refractivity contribution in [3.63, 3.8) is 0 Å². The number of hydrogen-bond acceptors (Lipinski definition) is 4. The molecule has 2 heterocycles. The average molecular weight is 396 g/mol. The van der Waals surface area contributed by atoms with Crippen LogP contribution in [0.5, 0.6) is 0 Å². The normalized spacial score (nSPS) is 12.3. The van der Waals surface area contributed by atoms with Gasteiger partial charge < -0.3 is 9.73 Å². The summed E-state index contributed by atoms with van der Waals surface area (Å²) < 4.78 is 6.10. The molecule has 148 valence electrons. The van der Waals surface area contributed by atoms with Gasteiger partial charge in [-0.05, 0) is 17.9 Å². The van der Waals surface area contributed by atoms with Gasteiger partial charge in [-0.3, -0.25) is 9.89 Å². The fourth-order valence-corrected chi connectivity index (χ4v) is 3.85. The third-order valence-electron chi connectivity index (χ3n) is 5.40. The topological polar surface area (TPSA) is 83.8 Å². The average Bonchev–Trinajstić information content (AvgIpc) is 3.42. The highest BCUT2D eigenvalue weighted by atomic mass is 16.3. The molecule has 1 atom stereocenters. The minimum Gasteiger partial charge on any atom is -0.450 e. The van der Waals surface area contributed by atoms with Gasteiger partial charge in [-0.2, -0.15) is 5.10 Å². The molecule has 1 unspecified atom stereocenters. The van der Waals surface area contributed by atoms with E-state index in [1.165, 1.54) is 6.33 Å². The van der Waals surface area contributed by atoms with Gasteiger partial charge in [0.25, 0.3) is 5.91 Å². The maximum atomic E-state index is 13.2. The van der Waals surface area contributed by atoms with Crippen molar-refractivity contribution >= 4 is 27.6 Å². The van der Waals surface area contributed by atoms with E-state index in [1.807, 2.05) is 67.6 Å². The summed E-state index contributed by atoms with van der Waals surface area (Å²) in [4.78, 5) is 17.4. The number of fused-ring (bicyclic) bond motifs is 3. The van der Waals surface area contributed by atoms with E-state index >= 15 is 0 Å². The van der Waals surface area contributed by atoms with Crippen LogP contribution in [-0.2, 0) is 6.42 Å². The predicted octanol–water partition coefficient (Wildman–Crippen LogP) is 4.73. The summed E-state index contributed by atoms with van der Waals surface area (Å²) in [6, 6.07) is 21.6. The summed E-state index contributed by atoms with van der Waals surface area (Å²) in [7, 11) is 0. The number of benzene rings is 3. The van der Waals surface area contributed by atoms with Gasteiger partial charge >= 0.3 is 0 Å². The number of furan rings is 1. The number of nitrogens with one attached hydrogen (secondary N) is 2. The summed E-state index contributed by atoms with van der Waals surface area (Å²) in [5.41, 5.74) is 2.56. The summed E-state index contributed by atoms with van der Waals surface area (Å²) >= 11 is 0. The molecule has 0 radical (unpaired) electrons. The van der Waals surface area contributed by atoms with E-state index in [-0.39, 0.29) is 11.9 Å². The lowest BCUT2D eigenvalue weighted by atomic mass is 10.0. The molecule has 1 amide bonds. The standard InChI is InChI=1S/C24H20N4O2/c1-15-18-12-11-16-7-5-6-10-19(16)23(18)30-22(15)24(29)27-20(13-21-25-14-26-28-21)17-8-3-2-4-9-17/h2-12,14,20H,13H2,1H3,(H,27,29)(H,25,26,28). The molecule has 3 aromatic carbocycles. The van der Waals surface area contributed by atoms with Crippen molar-refractivity contribution in [1.29, 1.82) is 0 Å². The molecule has 2 aromatic heterocycles. The molecule has 0 aliphatic heterocycles. The maximum absolute atomic E-state index is 13.2. The third kappa shape index (κ3) is 3.22. The Morgan fingerprint density at radius 2 is 1.83 bits per heavy atom. The van der Waals surface area contributed by atoms with Gasteiger partial charge in [0, 0.05) is 22.8 Å². The number of nitrogens with zero attached hydrogens (tertiary/aromatic N) is 2. The van der Waals surface area contributed by atoms with Crippen LogP contribution in [0.2, 0.25) is 0 Å². The fourth-order valence-electron chi connectivity index (χ4n) is 3.85. The third-order valence-corrected chi connectivity index (χ3v) is 5.40. The number of aromatic nitrogens is 3. The number of aromatic amines is 1. The SMILES string of the molecule is Cc1c(C(=O)NC(Cc2ncn[nH]2)c2ccccc2)oc2c1ccc1ccccc12. The van der Waals surface area contributed by atoms with Crippen LogP contribution in [0.25, 0.3) is 21.7 Å². The second-order valence-corrected chi connectivity index (χ2v) is 7.29. The molecule has 0 saturated heterocycles. The quantitative estimate of drug-likeness (QED) is 0.450. The van der Waals surface area contributed by atoms with Gasteiger partial charge in [0.2, 0.25) is 0 Å². The summed E-state index contributed by atoms with van der Waals surface area (Å²) in [6.07, 6.45) is 1.96. The minimum atomic E-state index is -0.268. The van der Waals surface area contributed by atoms with Crippen molar-refractivity contribution in [2.75, 3.05) is 0 Å². The molecular formula is C24H20N4O2. The van der Waals surface area contributed by atoms with E-state index in [1.54, 1.807) is 0 Å². The van der Waals surface area contributed by atoms with Crippen LogP contribution in [0.4, 0.5) is 0 Å². The van der Waals surface area contributed by atoms with Crippen LogP contribution in [-0.4, -0.2) is 21.1 Å². The molecule has 6 nitrogen and oxygen atoms in total. The second-order valence-electron chi connectivity index (χ2n) is 7.29. The largest absolute Gasteiger partial charge is 0.450 e. The minimum absolute atomic E-state index is 0.249. The Morgan fingerprint density at radius 3 is 2.63 bits per heavy atom. The fraction of sp³-hybridized carbons (Fsp3) is 0.125. The molecule has 6 heteroatoms. The highest BCUT2D eigenvalue weighted by Crippen LogP contribution is 2.32. The Kier molecular flexibility index (Phi) is 4.52. The molecule has 0 spiro atoms. The predicted molar refractivity (Wildman–Crippen MR) is 115 cm³/mol. The van der Waals surface area contributed by atoms with Gasteiger partial charge in [0.15, 0.2) is 5.76 Å². The number of hydrogen-bond donors (Lipinski definition) is 2. The van der Waals surface area contributed by atoms with Gasteiger partial charge in [-0.15, -0.1) is 0 Å². The Hall–Kier alpha value is -3.93. The van der Waals surface area contributed by atoms with Crippen LogP contribution >= 0.6 is 0 Å². The van der Waals surface area contributed by atoms with Crippen LogP contribution < -0.4 is 5.32 Å². The van der Waals surface area contributed by atoms with Crippen molar-refractivity contribution < 1.29 is 9.21 Å². The molecule has 30 heavy (non-hydrogen) atoms. The van der Waals surface area contributed by atoms with Gasteiger partial charge in [0.1, 0.15) is 17.7 Å². The Morgan fingerprint density at radius 1 is 1.03 bits per heavy atom. The van der Waals surface area contributed by atoms with E-state index in [2.05, 4.69) is 26.6 Å². The smallest absolute Gasteiger partial charge is 0.287 e. The second kappa shape index (κ2) is 7.48. The first kappa shape index (κ1) is 18.1. The molecule has 0 aliphatic rings. The van der Waals surface area contributed by atoms with Crippen molar-refractivity contribution in [3.8, 4) is 0 Å². The Labute approximate surface area is 172 Å². The van der Waals surface area contributed by atoms with Crippen molar-refractivity contribution in [2.45, 2.75) is 19.4 Å². The zero-order chi connectivity index (χ0) is 20.5. The first-order valence-electron chi connectivity index (χ1n) is 9.81. The molecule has 2 N–H and O–H groups in total. The summed E-state index contributed by atoms with van der Waals surface area (Å²) in [6.45, 7) is 1.92. The lowest BCUT2D eigenvalue weighted by Gasteiger charge is -2.17. The first-order valence-corrected chi connectivity index (χ1v) is 9.81. The van der Waals surface area contributed by atoms with Crippen molar-refractivity contribution in [2.24, 2.45) is 0 Å². The zero-order valence-corrected chi connectivity index (χ0v) is 16.4. The maximum Gasteiger partial charge on any atom is 0.287 e. The number of carbonyl (C=O) groups excluding carboxylic acids is 1. The number of carbonyl (C=O) groups is 1. The molecular weight excluding hydrogens is 376 g/mol. The van der Waals surface area contributed by atoms with Crippen LogP contribution in [0.3, 0.4) is 0 Å². The summed E-state index contributed by atoms with van der Waals surface area (Å²) in [5, 5.41) is 12.9. The van der Waals surface area contributed by atoms with E-state index in [4.69, 9.17) is 4.42 Å². The summed E-state index contributed by atoms with van der Waals surface area (Å²) in [5.74, 6) is 0.789. The highest BCUT2D eigenvalue weighted by molar-refractivity contribution is 6.08. The van der Waals surface area contributed by atoms with E-state index < -0.39 is 0 Å². The number of rotatable bonds is 5. The monoisotopic (exact) mass is 396 g/mol. The molecule has 0 saturated carbocycles. The van der Waals surface area contributed by atoms with Gasteiger partial charge in [0.05, 0.1) is 6.04 Å². The van der Waals surface area contributed by atoms with Crippen molar-refractivity contribution in [1.82, 2.24) is 20.5 Å². The van der Waals surface area contributed by atoms with E-state index in [0.29, 0.717) is 18.0 Å². The zero-order valence-electron chi connectivity index (χ0n) is 16.4.